The maximum Gasteiger partial charge on any atom is 0.315 e. The number of nitrogens with zero attached hydrogens (tertiary/aromatic N) is 1. The number of aliphatic imine (C=N–C) groups is 1. The molecule has 0 radical (unpaired) electrons. The molecule has 6 nitrogen and oxygen atoms in total. The highest BCUT2D eigenvalue weighted by molar-refractivity contribution is 6.09. The average molecular weight is 434 g/mol. The lowest BCUT2D eigenvalue weighted by atomic mass is 9.69. The van der Waals surface area contributed by atoms with Crippen LogP contribution in [0.25, 0.3) is 0 Å². The van der Waals surface area contributed by atoms with Gasteiger partial charge >= 0.3 is 5.97 Å². The van der Waals surface area contributed by atoms with Crippen molar-refractivity contribution < 1.29 is 23.8 Å². The first kappa shape index (κ1) is 21.8. The van der Waals surface area contributed by atoms with E-state index in [2.05, 4.69) is 0 Å². The molecule has 2 aromatic carbocycles. The Bertz CT molecular complexity index is 1100. The summed E-state index contributed by atoms with van der Waals surface area (Å²) in [6.07, 6.45) is 1.04. The molecule has 0 fully saturated rings. The summed E-state index contributed by atoms with van der Waals surface area (Å²) in [6.45, 7) is 1.83. The second-order valence-corrected chi connectivity index (χ2v) is 8.15. The van der Waals surface area contributed by atoms with Crippen LogP contribution in [0.3, 0.4) is 0 Å². The van der Waals surface area contributed by atoms with Crippen LogP contribution in [0.1, 0.15) is 42.7 Å². The lowest BCUT2D eigenvalue weighted by molar-refractivity contribution is -0.143. The Labute approximate surface area is 187 Å². The van der Waals surface area contributed by atoms with E-state index >= 15 is 0 Å². The fourth-order valence-corrected chi connectivity index (χ4v) is 4.86. The Balaban J connectivity index is 1.84. The SMILES string of the molecule is COC(=O)C1C(C)=NC2=C(C(=O)C[C@@H](c3ccccc3)C2)[C@@H]1c1ccc(OC)c(OC)c1. The van der Waals surface area contributed by atoms with Gasteiger partial charge in [0.25, 0.3) is 0 Å². The van der Waals surface area contributed by atoms with E-state index in [4.69, 9.17) is 19.2 Å². The Kier molecular flexibility index (Phi) is 6.12. The molecule has 1 aliphatic heterocycles. The van der Waals surface area contributed by atoms with Gasteiger partial charge in [-0.15, -0.1) is 0 Å². The van der Waals surface area contributed by atoms with E-state index in [0.29, 0.717) is 35.6 Å². The summed E-state index contributed by atoms with van der Waals surface area (Å²) in [6, 6.07) is 15.5. The van der Waals surface area contributed by atoms with Crippen molar-refractivity contribution in [2.75, 3.05) is 21.3 Å². The molecule has 3 atom stereocenters. The van der Waals surface area contributed by atoms with E-state index in [9.17, 15) is 9.59 Å². The summed E-state index contributed by atoms with van der Waals surface area (Å²) in [7, 11) is 4.49. The summed E-state index contributed by atoms with van der Waals surface area (Å²) >= 11 is 0. The van der Waals surface area contributed by atoms with Gasteiger partial charge in [-0.1, -0.05) is 36.4 Å². The molecule has 1 unspecified atom stereocenters. The van der Waals surface area contributed by atoms with Gasteiger partial charge < -0.3 is 14.2 Å². The van der Waals surface area contributed by atoms with E-state index in [1.807, 2.05) is 49.4 Å². The molecule has 6 heteroatoms. The number of benzene rings is 2. The molecule has 2 aromatic rings. The molecule has 0 saturated carbocycles. The zero-order valence-electron chi connectivity index (χ0n) is 18.8. The van der Waals surface area contributed by atoms with Crippen LogP contribution in [0.4, 0.5) is 0 Å². The zero-order valence-corrected chi connectivity index (χ0v) is 18.8. The topological polar surface area (TPSA) is 74.2 Å². The van der Waals surface area contributed by atoms with Crippen molar-refractivity contribution in [3.05, 3.63) is 70.9 Å². The van der Waals surface area contributed by atoms with Gasteiger partial charge in [0.1, 0.15) is 5.92 Å². The first-order valence-corrected chi connectivity index (χ1v) is 10.6. The van der Waals surface area contributed by atoms with Gasteiger partial charge in [-0.2, -0.15) is 0 Å². The summed E-state index contributed by atoms with van der Waals surface area (Å²) in [4.78, 5) is 31.1. The van der Waals surface area contributed by atoms with Crippen molar-refractivity contribution in [2.45, 2.75) is 31.6 Å². The van der Waals surface area contributed by atoms with Gasteiger partial charge in [0.2, 0.25) is 0 Å². The maximum atomic E-state index is 13.5. The number of allylic oxidation sites excluding steroid dienone is 2. The standard InChI is InChI=1S/C26H27NO5/c1-15-23(26(29)32-4)24(17-10-11-21(30-2)22(14-17)31-3)25-19(27-15)12-18(13-20(25)28)16-8-6-5-7-9-16/h5-11,14,18,23-24H,12-13H2,1-4H3/t18-,23?,24+/m0/s1. The smallest absolute Gasteiger partial charge is 0.315 e. The lowest BCUT2D eigenvalue weighted by Gasteiger charge is -2.36. The fourth-order valence-electron chi connectivity index (χ4n) is 4.86. The van der Waals surface area contributed by atoms with Gasteiger partial charge in [0, 0.05) is 29.3 Å². The number of ether oxygens (including phenoxy) is 3. The zero-order chi connectivity index (χ0) is 22.8. The molecule has 1 aliphatic carbocycles. The monoisotopic (exact) mass is 433 g/mol. The van der Waals surface area contributed by atoms with Crippen LogP contribution in [-0.4, -0.2) is 38.8 Å². The molecule has 0 bridgehead atoms. The predicted octanol–water partition coefficient (Wildman–Crippen LogP) is 4.45. The highest BCUT2D eigenvalue weighted by atomic mass is 16.5. The highest BCUT2D eigenvalue weighted by Crippen LogP contribution is 2.47. The van der Waals surface area contributed by atoms with Gasteiger partial charge in [-0.05, 0) is 42.5 Å². The molecule has 0 aromatic heterocycles. The number of Topliss-reactive ketones (excluding diaryl/α,β-unsaturated/α-hetero) is 1. The number of rotatable bonds is 5. The fraction of sp³-hybridized carbons (Fsp3) is 0.346. The number of methoxy groups -OCH3 is 3. The van der Waals surface area contributed by atoms with Crippen molar-refractivity contribution in [3.63, 3.8) is 0 Å². The number of hydrogen-bond donors (Lipinski definition) is 0. The highest BCUT2D eigenvalue weighted by Gasteiger charge is 2.44. The molecular formula is C26H27NO5. The van der Waals surface area contributed by atoms with Crippen LogP contribution < -0.4 is 9.47 Å². The molecule has 0 spiro atoms. The molecule has 0 saturated heterocycles. The first-order chi connectivity index (χ1) is 15.5. The summed E-state index contributed by atoms with van der Waals surface area (Å²) < 4.78 is 16.0. The average Bonchev–Trinajstić information content (AvgIpc) is 2.82. The molecule has 1 heterocycles. The number of ketones is 1. The van der Waals surface area contributed by atoms with Crippen LogP contribution in [0.5, 0.6) is 11.5 Å². The van der Waals surface area contributed by atoms with E-state index in [0.717, 1.165) is 16.8 Å². The maximum absolute atomic E-state index is 13.5. The molecule has 166 valence electrons. The summed E-state index contributed by atoms with van der Waals surface area (Å²) in [5, 5.41) is 0. The minimum absolute atomic E-state index is 0.0186. The van der Waals surface area contributed by atoms with Crippen molar-refractivity contribution in [1.29, 1.82) is 0 Å². The molecule has 32 heavy (non-hydrogen) atoms. The van der Waals surface area contributed by atoms with Gasteiger partial charge in [0.15, 0.2) is 17.3 Å². The number of carbonyl (C=O) groups excluding carboxylic acids is 2. The van der Waals surface area contributed by atoms with E-state index in [-0.39, 0.29) is 11.7 Å². The third-order valence-corrected chi connectivity index (χ3v) is 6.38. The second kappa shape index (κ2) is 8.99. The third kappa shape index (κ3) is 3.81. The lowest BCUT2D eigenvalue weighted by Crippen LogP contribution is -2.37. The van der Waals surface area contributed by atoms with E-state index in [1.54, 1.807) is 20.3 Å². The molecule has 0 N–H and O–H groups in total. The molecule has 4 rings (SSSR count). The Morgan fingerprint density at radius 2 is 1.66 bits per heavy atom. The van der Waals surface area contributed by atoms with Crippen molar-refractivity contribution in [2.24, 2.45) is 10.9 Å². The third-order valence-electron chi connectivity index (χ3n) is 6.38. The van der Waals surface area contributed by atoms with Crippen molar-refractivity contribution in [3.8, 4) is 11.5 Å². The minimum Gasteiger partial charge on any atom is -0.493 e. The number of carbonyl (C=O) groups is 2. The van der Waals surface area contributed by atoms with Crippen LogP contribution in [0.2, 0.25) is 0 Å². The largest absolute Gasteiger partial charge is 0.493 e. The molecule has 0 amide bonds. The van der Waals surface area contributed by atoms with Crippen LogP contribution in [0, 0.1) is 5.92 Å². The van der Waals surface area contributed by atoms with Crippen LogP contribution >= 0.6 is 0 Å². The Hall–Kier alpha value is -3.41. The number of hydrogen-bond acceptors (Lipinski definition) is 6. The van der Waals surface area contributed by atoms with Crippen LogP contribution in [0.15, 0.2) is 64.8 Å². The predicted molar refractivity (Wildman–Crippen MR) is 121 cm³/mol. The second-order valence-electron chi connectivity index (χ2n) is 8.15. The Morgan fingerprint density at radius 1 is 0.938 bits per heavy atom. The van der Waals surface area contributed by atoms with Crippen molar-refractivity contribution in [1.82, 2.24) is 0 Å². The van der Waals surface area contributed by atoms with E-state index < -0.39 is 17.8 Å². The first-order valence-electron chi connectivity index (χ1n) is 10.6. The van der Waals surface area contributed by atoms with E-state index in [1.165, 1.54) is 7.11 Å². The van der Waals surface area contributed by atoms with Gasteiger partial charge in [0.05, 0.1) is 21.3 Å². The minimum atomic E-state index is -0.672. The van der Waals surface area contributed by atoms with Gasteiger partial charge in [-0.25, -0.2) is 0 Å². The summed E-state index contributed by atoms with van der Waals surface area (Å²) in [5.74, 6) is -0.352. The number of esters is 1. The normalized spacial score (nSPS) is 22.7. The van der Waals surface area contributed by atoms with Crippen LogP contribution in [-0.2, 0) is 14.3 Å². The molecule has 2 aliphatic rings. The summed E-state index contributed by atoms with van der Waals surface area (Å²) in [5.41, 5.74) is 3.93. The van der Waals surface area contributed by atoms with Crippen molar-refractivity contribution >= 4 is 17.5 Å². The quantitative estimate of drug-likeness (QED) is 0.651. The van der Waals surface area contributed by atoms with Gasteiger partial charge in [-0.3, -0.25) is 14.6 Å². The Morgan fingerprint density at radius 3 is 2.31 bits per heavy atom. The molecular weight excluding hydrogens is 406 g/mol.